The number of thiazole rings is 1. The molecule has 1 unspecified atom stereocenters. The number of hydrogen-bond acceptors (Lipinski definition) is 4. The van der Waals surface area contributed by atoms with Crippen molar-refractivity contribution in [3.8, 4) is 10.8 Å². The molecule has 94 valence electrons. The number of aromatic nitrogens is 1. The summed E-state index contributed by atoms with van der Waals surface area (Å²) in [6.45, 7) is 2.03. The maximum absolute atomic E-state index is 11.1. The van der Waals surface area contributed by atoms with Crippen molar-refractivity contribution in [3.63, 3.8) is 0 Å². The molecular weight excluding hydrogens is 250 g/mol. The number of rotatable bonds is 3. The number of nitrogens with zero attached hydrogens (tertiary/aromatic N) is 1. The van der Waals surface area contributed by atoms with Gasteiger partial charge in [-0.05, 0) is 25.0 Å². The minimum atomic E-state index is -0.778. The minimum Gasteiger partial charge on any atom is -0.481 e. The van der Waals surface area contributed by atoms with Crippen LogP contribution in [-0.2, 0) is 17.6 Å². The van der Waals surface area contributed by atoms with E-state index in [9.17, 15) is 4.79 Å². The van der Waals surface area contributed by atoms with Crippen LogP contribution < -0.4 is 0 Å². The van der Waals surface area contributed by atoms with Gasteiger partial charge in [-0.1, -0.05) is 6.92 Å². The lowest BCUT2D eigenvalue weighted by Crippen LogP contribution is -2.08. The van der Waals surface area contributed by atoms with Gasteiger partial charge in [-0.3, -0.25) is 4.79 Å². The first-order valence-corrected chi connectivity index (χ1v) is 6.82. The van der Waals surface area contributed by atoms with Crippen molar-refractivity contribution >= 4 is 17.3 Å². The van der Waals surface area contributed by atoms with E-state index in [1.165, 1.54) is 0 Å². The second kappa shape index (κ2) is 4.24. The Hall–Kier alpha value is -1.62. The van der Waals surface area contributed by atoms with E-state index >= 15 is 0 Å². The van der Waals surface area contributed by atoms with Gasteiger partial charge in [0.15, 0.2) is 10.8 Å². The predicted molar refractivity (Wildman–Crippen MR) is 67.9 cm³/mol. The van der Waals surface area contributed by atoms with Crippen molar-refractivity contribution in [1.29, 1.82) is 0 Å². The molecule has 5 heteroatoms. The van der Waals surface area contributed by atoms with E-state index in [1.807, 2.05) is 19.1 Å². The van der Waals surface area contributed by atoms with Crippen LogP contribution in [0.1, 0.15) is 35.6 Å². The highest BCUT2D eigenvalue weighted by molar-refractivity contribution is 7.15. The molecule has 1 aliphatic carbocycles. The second-order valence-corrected chi connectivity index (χ2v) is 5.46. The lowest BCUT2D eigenvalue weighted by molar-refractivity contribution is -0.138. The molecule has 0 radical (unpaired) electrons. The molecule has 2 heterocycles. The smallest absolute Gasteiger partial charge is 0.312 e. The molecule has 3 rings (SSSR count). The molecule has 0 aromatic carbocycles. The first-order valence-electron chi connectivity index (χ1n) is 6.00. The third kappa shape index (κ3) is 1.75. The monoisotopic (exact) mass is 263 g/mol. The van der Waals surface area contributed by atoms with Crippen LogP contribution in [0.25, 0.3) is 10.8 Å². The number of furan rings is 1. The second-order valence-electron chi connectivity index (χ2n) is 4.38. The molecular formula is C13H13NO3S. The van der Waals surface area contributed by atoms with Crippen LogP contribution in [0.4, 0.5) is 0 Å². The molecule has 0 bridgehead atoms. The van der Waals surface area contributed by atoms with Crippen LogP contribution in [-0.4, -0.2) is 16.1 Å². The number of aryl methyl sites for hydroxylation is 2. The van der Waals surface area contributed by atoms with E-state index in [2.05, 4.69) is 4.98 Å². The summed E-state index contributed by atoms with van der Waals surface area (Å²) in [6, 6.07) is 3.85. The van der Waals surface area contributed by atoms with Crippen LogP contribution in [0.5, 0.6) is 0 Å². The summed E-state index contributed by atoms with van der Waals surface area (Å²) in [6.07, 6.45) is 2.33. The highest BCUT2D eigenvalue weighted by Crippen LogP contribution is 2.40. The average Bonchev–Trinajstić information content (AvgIpc) is 3.02. The fraction of sp³-hybridized carbons (Fsp3) is 0.385. The Labute approximate surface area is 108 Å². The van der Waals surface area contributed by atoms with Crippen molar-refractivity contribution in [3.05, 3.63) is 28.5 Å². The molecule has 2 aromatic heterocycles. The Bertz CT molecular complexity index is 599. The molecule has 0 amide bonds. The molecule has 1 aliphatic rings. The van der Waals surface area contributed by atoms with Crippen molar-refractivity contribution in [1.82, 2.24) is 4.98 Å². The lowest BCUT2D eigenvalue weighted by Gasteiger charge is -2.00. The summed E-state index contributed by atoms with van der Waals surface area (Å²) >= 11 is 1.55. The van der Waals surface area contributed by atoms with Gasteiger partial charge in [-0.25, -0.2) is 4.98 Å². The highest BCUT2D eigenvalue weighted by atomic mass is 32.1. The molecule has 0 saturated carbocycles. The van der Waals surface area contributed by atoms with Crippen LogP contribution in [0.15, 0.2) is 16.5 Å². The summed E-state index contributed by atoms with van der Waals surface area (Å²) in [4.78, 5) is 16.6. The molecule has 0 fully saturated rings. The van der Waals surface area contributed by atoms with Gasteiger partial charge in [0.2, 0.25) is 0 Å². The van der Waals surface area contributed by atoms with Gasteiger partial charge in [-0.2, -0.15) is 0 Å². The SMILES string of the molecule is CCc1ccc(-c2nc3c(s2)CCC3C(=O)O)o1. The predicted octanol–water partition coefficient (Wildman–Crippen LogP) is 3.08. The van der Waals surface area contributed by atoms with Crippen LogP contribution in [0, 0.1) is 0 Å². The Balaban J connectivity index is 1.96. The maximum atomic E-state index is 11.1. The maximum Gasteiger partial charge on any atom is 0.312 e. The molecule has 4 nitrogen and oxygen atoms in total. The van der Waals surface area contributed by atoms with Crippen LogP contribution >= 0.6 is 11.3 Å². The van der Waals surface area contributed by atoms with Crippen LogP contribution in [0.3, 0.4) is 0 Å². The Kier molecular flexibility index (Phi) is 2.70. The van der Waals surface area contributed by atoms with Gasteiger partial charge < -0.3 is 9.52 Å². The van der Waals surface area contributed by atoms with Crippen LogP contribution in [0.2, 0.25) is 0 Å². The molecule has 2 aromatic rings. The number of carbonyl (C=O) groups is 1. The van der Waals surface area contributed by atoms with Crippen molar-refractivity contribution < 1.29 is 14.3 Å². The number of hydrogen-bond donors (Lipinski definition) is 1. The molecule has 0 saturated heterocycles. The van der Waals surface area contributed by atoms with Gasteiger partial charge >= 0.3 is 5.97 Å². The zero-order valence-electron chi connectivity index (χ0n) is 9.97. The molecule has 1 atom stereocenters. The zero-order chi connectivity index (χ0) is 12.7. The molecule has 1 N–H and O–H groups in total. The Morgan fingerprint density at radius 3 is 3.11 bits per heavy atom. The minimum absolute atomic E-state index is 0.439. The number of aliphatic carboxylic acids is 1. The fourth-order valence-electron chi connectivity index (χ4n) is 2.26. The molecule has 18 heavy (non-hydrogen) atoms. The molecule has 0 aliphatic heterocycles. The lowest BCUT2D eigenvalue weighted by atomic mass is 10.1. The number of carboxylic acid groups (broad SMARTS) is 1. The molecule has 0 spiro atoms. The highest BCUT2D eigenvalue weighted by Gasteiger charge is 2.32. The summed E-state index contributed by atoms with van der Waals surface area (Å²) in [7, 11) is 0. The van der Waals surface area contributed by atoms with Gasteiger partial charge in [-0.15, -0.1) is 11.3 Å². The summed E-state index contributed by atoms with van der Waals surface area (Å²) < 4.78 is 5.65. The van der Waals surface area contributed by atoms with Crippen molar-refractivity contribution in [2.45, 2.75) is 32.1 Å². The van der Waals surface area contributed by atoms with E-state index in [4.69, 9.17) is 9.52 Å². The van der Waals surface area contributed by atoms with E-state index in [-0.39, 0.29) is 0 Å². The van der Waals surface area contributed by atoms with Gasteiger partial charge in [0.05, 0.1) is 5.69 Å². The van der Waals surface area contributed by atoms with E-state index in [0.717, 1.165) is 39.9 Å². The van der Waals surface area contributed by atoms with Crippen molar-refractivity contribution in [2.24, 2.45) is 0 Å². The third-order valence-electron chi connectivity index (χ3n) is 3.24. The zero-order valence-corrected chi connectivity index (χ0v) is 10.8. The van der Waals surface area contributed by atoms with E-state index in [1.54, 1.807) is 11.3 Å². The summed E-state index contributed by atoms with van der Waals surface area (Å²) in [5.41, 5.74) is 0.733. The first-order chi connectivity index (χ1) is 8.69. The summed E-state index contributed by atoms with van der Waals surface area (Å²) in [5, 5.41) is 9.92. The van der Waals surface area contributed by atoms with E-state index < -0.39 is 11.9 Å². The quantitative estimate of drug-likeness (QED) is 0.924. The Morgan fingerprint density at radius 2 is 2.44 bits per heavy atom. The average molecular weight is 263 g/mol. The summed E-state index contributed by atoms with van der Waals surface area (Å²) in [5.74, 6) is 0.454. The number of fused-ring (bicyclic) bond motifs is 1. The van der Waals surface area contributed by atoms with Gasteiger partial charge in [0, 0.05) is 11.3 Å². The standard InChI is InChI=1S/C13H13NO3S/c1-2-7-3-5-9(17-7)12-14-11-8(13(15)16)4-6-10(11)18-12/h3,5,8H,2,4,6H2,1H3,(H,15,16). The Morgan fingerprint density at radius 1 is 1.61 bits per heavy atom. The largest absolute Gasteiger partial charge is 0.481 e. The first kappa shape index (κ1) is 11.5. The van der Waals surface area contributed by atoms with E-state index in [0.29, 0.717) is 6.42 Å². The normalized spacial score (nSPS) is 17.9. The fourth-order valence-corrected chi connectivity index (χ4v) is 3.36. The third-order valence-corrected chi connectivity index (χ3v) is 4.38. The van der Waals surface area contributed by atoms with Gasteiger partial charge in [0.25, 0.3) is 0 Å². The van der Waals surface area contributed by atoms with Gasteiger partial charge in [0.1, 0.15) is 11.7 Å². The van der Waals surface area contributed by atoms with Crippen molar-refractivity contribution in [2.75, 3.05) is 0 Å². The number of carboxylic acids is 1. The topological polar surface area (TPSA) is 63.3 Å².